The molecule has 2 heteroatoms. The van der Waals surface area contributed by atoms with Gasteiger partial charge in [0.1, 0.15) is 0 Å². The molecule has 0 amide bonds. The van der Waals surface area contributed by atoms with E-state index in [0.29, 0.717) is 5.66 Å². The molecule has 3 rings (SSSR count). The first kappa shape index (κ1) is 31.6. The van der Waals surface area contributed by atoms with E-state index in [9.17, 15) is 0 Å². The molecular formula is C35H50ClP. The van der Waals surface area contributed by atoms with E-state index in [1.165, 1.54) is 99.3 Å². The Hall–Kier alpha value is -1.62. The van der Waals surface area contributed by atoms with Gasteiger partial charge in [0.05, 0.1) is 5.41 Å². The van der Waals surface area contributed by atoms with Crippen molar-refractivity contribution in [2.75, 3.05) is 0 Å². The molecule has 37 heavy (non-hydrogen) atoms. The monoisotopic (exact) mass is 536 g/mol. The summed E-state index contributed by atoms with van der Waals surface area (Å²) in [6, 6.07) is 31.5. The van der Waals surface area contributed by atoms with Gasteiger partial charge < -0.3 is 0 Å². The number of halogens is 1. The summed E-state index contributed by atoms with van der Waals surface area (Å²) in [5.41, 5.74) is 5.90. The fraction of sp³-hybridized carbons (Fsp3) is 0.486. The molecule has 0 aliphatic rings. The molecule has 0 aliphatic heterocycles. The van der Waals surface area contributed by atoms with Gasteiger partial charge in [-0.15, -0.1) is 21.6 Å². The van der Waals surface area contributed by atoms with Crippen molar-refractivity contribution in [3.63, 3.8) is 0 Å². The van der Waals surface area contributed by atoms with E-state index in [0.717, 1.165) is 6.42 Å². The normalized spacial score (nSPS) is 12.2. The minimum atomic E-state index is -0.180. The van der Waals surface area contributed by atoms with E-state index in [2.05, 4.69) is 108 Å². The predicted molar refractivity (Wildman–Crippen MR) is 170 cm³/mol. The molecule has 3 aromatic carbocycles. The van der Waals surface area contributed by atoms with Crippen LogP contribution in [0.4, 0.5) is 0 Å². The quantitative estimate of drug-likeness (QED) is 0.0913. The predicted octanol–water partition coefficient (Wildman–Crippen LogP) is 10.9. The minimum Gasteiger partial charge on any atom is -0.147 e. The van der Waals surface area contributed by atoms with Crippen molar-refractivity contribution in [3.8, 4) is 0 Å². The van der Waals surface area contributed by atoms with Crippen LogP contribution in [0.15, 0.2) is 84.9 Å². The van der Waals surface area contributed by atoms with Crippen LogP contribution in [-0.2, 0) is 11.8 Å². The number of rotatable bonds is 17. The van der Waals surface area contributed by atoms with Gasteiger partial charge in [0.2, 0.25) is 0 Å². The summed E-state index contributed by atoms with van der Waals surface area (Å²) >= 11 is 0. The number of unbranched alkanes of at least 4 members (excludes halogenated alkanes) is 11. The lowest BCUT2D eigenvalue weighted by Gasteiger charge is -2.41. The van der Waals surface area contributed by atoms with E-state index in [1.54, 1.807) is 0 Å². The second-order valence-corrected chi connectivity index (χ2v) is 11.6. The van der Waals surface area contributed by atoms with Crippen molar-refractivity contribution in [1.29, 1.82) is 0 Å². The Morgan fingerprint density at radius 3 is 1.43 bits per heavy atom. The molecule has 202 valence electrons. The van der Waals surface area contributed by atoms with Crippen molar-refractivity contribution in [2.45, 2.75) is 108 Å². The number of benzene rings is 3. The second-order valence-electron chi connectivity index (χ2n) is 10.6. The molecule has 0 N–H and O–H groups in total. The average molecular weight is 537 g/mol. The Bertz CT molecular complexity index is 927. The largest absolute Gasteiger partial charge is 0.147 e. The molecule has 0 aliphatic carbocycles. The van der Waals surface area contributed by atoms with Crippen LogP contribution in [0.25, 0.3) is 0 Å². The van der Waals surface area contributed by atoms with Crippen LogP contribution < -0.4 is 0 Å². The summed E-state index contributed by atoms with van der Waals surface area (Å²) < 4.78 is 0. The highest BCUT2D eigenvalue weighted by Gasteiger charge is 2.40. The Morgan fingerprint density at radius 1 is 0.568 bits per heavy atom. The molecule has 2 atom stereocenters. The number of hydrogen-bond acceptors (Lipinski definition) is 0. The molecule has 0 saturated heterocycles. The first-order valence-electron chi connectivity index (χ1n) is 14.7. The Labute approximate surface area is 236 Å². The fourth-order valence-electron chi connectivity index (χ4n) is 5.93. The molecule has 0 fully saturated rings. The summed E-state index contributed by atoms with van der Waals surface area (Å²) in [6.45, 7) is 4.65. The van der Waals surface area contributed by atoms with Crippen LogP contribution in [0.5, 0.6) is 0 Å². The Morgan fingerprint density at radius 2 is 0.973 bits per heavy atom. The van der Waals surface area contributed by atoms with Crippen molar-refractivity contribution in [2.24, 2.45) is 0 Å². The van der Waals surface area contributed by atoms with Gasteiger partial charge in [-0.2, -0.15) is 0 Å². The topological polar surface area (TPSA) is 0 Å². The molecule has 0 saturated carbocycles. The van der Waals surface area contributed by atoms with Gasteiger partial charge in [0.15, 0.2) is 0 Å². The minimum absolute atomic E-state index is 0. The van der Waals surface area contributed by atoms with Crippen LogP contribution >= 0.6 is 21.6 Å². The van der Waals surface area contributed by atoms with Crippen LogP contribution in [-0.4, -0.2) is 5.66 Å². The highest BCUT2D eigenvalue weighted by molar-refractivity contribution is 7.17. The lowest BCUT2D eigenvalue weighted by atomic mass is 9.65. The number of aryl methyl sites for hydroxylation is 1. The van der Waals surface area contributed by atoms with Gasteiger partial charge in [0, 0.05) is 0 Å². The first-order valence-corrected chi connectivity index (χ1v) is 15.3. The molecule has 2 unspecified atom stereocenters. The molecule has 0 radical (unpaired) electrons. The third-order valence-electron chi connectivity index (χ3n) is 7.88. The lowest BCUT2D eigenvalue weighted by molar-refractivity contribution is 0.542. The van der Waals surface area contributed by atoms with Crippen molar-refractivity contribution < 1.29 is 0 Å². The van der Waals surface area contributed by atoms with E-state index in [-0.39, 0.29) is 17.8 Å². The van der Waals surface area contributed by atoms with Crippen molar-refractivity contribution in [3.05, 3.63) is 107 Å². The maximum Gasteiger partial charge on any atom is 0.0513 e. The fourth-order valence-corrected chi connectivity index (χ4v) is 6.49. The summed E-state index contributed by atoms with van der Waals surface area (Å²) in [4.78, 5) is 0. The SMILES string of the molecule is CCCCCCCCCCCCCCc1ccccc1C(c1ccccc1)(c1ccccc1)C(C)P.Cl. The average Bonchev–Trinajstić information content (AvgIpc) is 2.91. The summed E-state index contributed by atoms with van der Waals surface area (Å²) in [5, 5.41) is 0. The molecule has 0 nitrogen and oxygen atoms in total. The highest BCUT2D eigenvalue weighted by atomic mass is 35.5. The van der Waals surface area contributed by atoms with Gasteiger partial charge in [-0.1, -0.05) is 169 Å². The zero-order valence-corrected chi connectivity index (χ0v) is 25.3. The van der Waals surface area contributed by atoms with Gasteiger partial charge in [0.25, 0.3) is 0 Å². The molecule has 0 bridgehead atoms. The van der Waals surface area contributed by atoms with Crippen LogP contribution in [0.2, 0.25) is 0 Å². The molecule has 0 heterocycles. The van der Waals surface area contributed by atoms with Crippen LogP contribution in [0.3, 0.4) is 0 Å². The second kappa shape index (κ2) is 17.8. The molecule has 3 aromatic rings. The van der Waals surface area contributed by atoms with E-state index >= 15 is 0 Å². The lowest BCUT2D eigenvalue weighted by Crippen LogP contribution is -2.38. The van der Waals surface area contributed by atoms with E-state index in [4.69, 9.17) is 0 Å². The summed E-state index contributed by atoms with van der Waals surface area (Å²) in [7, 11) is 3.14. The van der Waals surface area contributed by atoms with E-state index < -0.39 is 0 Å². The summed E-state index contributed by atoms with van der Waals surface area (Å²) in [5.74, 6) is 0. The van der Waals surface area contributed by atoms with Crippen molar-refractivity contribution in [1.82, 2.24) is 0 Å². The smallest absolute Gasteiger partial charge is 0.0513 e. The zero-order valence-electron chi connectivity index (χ0n) is 23.3. The maximum atomic E-state index is 3.14. The standard InChI is InChI=1S/C35H49P.ClH/c1-3-4-5-6-7-8-9-10-11-12-13-16-23-31-24-21-22-29-34(31)35(30(2)36,32-25-17-14-18-26-32)33-27-19-15-20-28-33;/h14-15,17-22,24-30H,3-13,16,23,36H2,1-2H3;1H. The number of hydrogen-bond donors (Lipinski definition) is 0. The van der Waals surface area contributed by atoms with Gasteiger partial charge >= 0.3 is 0 Å². The van der Waals surface area contributed by atoms with Crippen LogP contribution in [0.1, 0.15) is 113 Å². The zero-order chi connectivity index (χ0) is 25.5. The Kier molecular flexibility index (Phi) is 15.2. The molecule has 0 spiro atoms. The maximum absolute atomic E-state index is 3.14. The van der Waals surface area contributed by atoms with Gasteiger partial charge in [-0.05, 0) is 40.8 Å². The van der Waals surface area contributed by atoms with Gasteiger partial charge in [-0.25, -0.2) is 0 Å². The molecule has 0 aromatic heterocycles. The first-order chi connectivity index (χ1) is 17.7. The van der Waals surface area contributed by atoms with Crippen molar-refractivity contribution >= 4 is 21.6 Å². The third kappa shape index (κ3) is 8.97. The highest BCUT2D eigenvalue weighted by Crippen LogP contribution is 2.46. The molecular weight excluding hydrogens is 487 g/mol. The van der Waals surface area contributed by atoms with Gasteiger partial charge in [-0.3, -0.25) is 0 Å². The van der Waals surface area contributed by atoms with Crippen LogP contribution in [0, 0.1) is 0 Å². The third-order valence-corrected chi connectivity index (χ3v) is 8.38. The Balaban J connectivity index is 0.00000481. The summed E-state index contributed by atoms with van der Waals surface area (Å²) in [6.07, 6.45) is 17.9. The van der Waals surface area contributed by atoms with E-state index in [1.807, 2.05) is 0 Å².